The topological polar surface area (TPSA) is 0 Å². The van der Waals surface area contributed by atoms with Crippen molar-refractivity contribution in [2.45, 2.75) is 80.6 Å². The lowest BCUT2D eigenvalue weighted by Crippen LogP contribution is -1.97. The van der Waals surface area contributed by atoms with Gasteiger partial charge in [-0.05, 0) is 28.9 Å². The zero-order valence-corrected chi connectivity index (χ0v) is 14.7. The van der Waals surface area contributed by atoms with Crippen molar-refractivity contribution in [1.82, 2.24) is 0 Å². The van der Waals surface area contributed by atoms with Gasteiger partial charge in [0, 0.05) is 0 Å². The molecule has 0 amide bonds. The van der Waals surface area contributed by atoms with Gasteiger partial charge in [-0.2, -0.15) is 0 Å². The third-order valence-corrected chi connectivity index (χ3v) is 3.06. The number of hydrogen-bond acceptors (Lipinski definition) is 0. The Morgan fingerprint density at radius 3 is 1.16 bits per heavy atom. The van der Waals surface area contributed by atoms with Crippen molar-refractivity contribution in [3.05, 3.63) is 35.4 Å². The summed E-state index contributed by atoms with van der Waals surface area (Å²) >= 11 is 0. The minimum absolute atomic E-state index is 0.642. The second kappa shape index (κ2) is 12.3. The van der Waals surface area contributed by atoms with Crippen molar-refractivity contribution < 1.29 is 0 Å². The Kier molecular flexibility index (Phi) is 13.3. The Morgan fingerprint density at radius 2 is 1.00 bits per heavy atom. The van der Waals surface area contributed by atoms with Crippen LogP contribution in [0.15, 0.2) is 24.3 Å². The standard InChI is InChI=1S/C12H18.C5H12.C2H6/c1-9(2)11-7-5-6-8-12(11)10(3)4;1-4-5(2)3;1-2/h5-10H,1-4H3;5H,4H2,1-3H3;1-2H3. The van der Waals surface area contributed by atoms with Crippen molar-refractivity contribution in [2.24, 2.45) is 5.92 Å². The molecule has 0 aliphatic rings. The van der Waals surface area contributed by atoms with Crippen molar-refractivity contribution in [2.75, 3.05) is 0 Å². The lowest BCUT2D eigenvalue weighted by molar-refractivity contribution is 0.626. The van der Waals surface area contributed by atoms with E-state index in [1.165, 1.54) is 17.5 Å². The van der Waals surface area contributed by atoms with E-state index in [4.69, 9.17) is 0 Å². The van der Waals surface area contributed by atoms with Gasteiger partial charge in [0.15, 0.2) is 0 Å². The van der Waals surface area contributed by atoms with E-state index in [0.29, 0.717) is 11.8 Å². The van der Waals surface area contributed by atoms with Crippen LogP contribution < -0.4 is 0 Å². The highest BCUT2D eigenvalue weighted by molar-refractivity contribution is 5.31. The highest BCUT2D eigenvalue weighted by Gasteiger charge is 2.07. The smallest absolute Gasteiger partial charge is 0.0216 e. The first-order valence-corrected chi connectivity index (χ1v) is 7.98. The normalized spacial score (nSPS) is 9.89. The van der Waals surface area contributed by atoms with E-state index < -0.39 is 0 Å². The molecule has 1 rings (SSSR count). The molecule has 0 atom stereocenters. The van der Waals surface area contributed by atoms with Crippen LogP contribution in [0, 0.1) is 5.92 Å². The molecule has 0 N–H and O–H groups in total. The van der Waals surface area contributed by atoms with Crippen LogP contribution in [0.4, 0.5) is 0 Å². The van der Waals surface area contributed by atoms with Crippen LogP contribution in [0.2, 0.25) is 0 Å². The Balaban J connectivity index is 0. The van der Waals surface area contributed by atoms with Gasteiger partial charge in [0.05, 0.1) is 0 Å². The van der Waals surface area contributed by atoms with E-state index in [1.54, 1.807) is 0 Å². The summed E-state index contributed by atoms with van der Waals surface area (Å²) in [6.45, 7) is 19.6. The minimum atomic E-state index is 0.642. The molecule has 0 saturated carbocycles. The summed E-state index contributed by atoms with van der Waals surface area (Å²) in [5, 5.41) is 0. The fourth-order valence-electron chi connectivity index (χ4n) is 1.56. The zero-order valence-electron chi connectivity index (χ0n) is 14.7. The van der Waals surface area contributed by atoms with Crippen molar-refractivity contribution in [1.29, 1.82) is 0 Å². The molecule has 0 aromatic heterocycles. The molecule has 0 radical (unpaired) electrons. The second-order valence-corrected chi connectivity index (χ2v) is 5.74. The maximum Gasteiger partial charge on any atom is -0.0216 e. The average Bonchev–Trinajstić information content (AvgIpc) is 2.41. The van der Waals surface area contributed by atoms with Gasteiger partial charge in [-0.3, -0.25) is 0 Å². The first-order valence-electron chi connectivity index (χ1n) is 7.98. The quantitative estimate of drug-likeness (QED) is 0.550. The van der Waals surface area contributed by atoms with E-state index in [1.807, 2.05) is 13.8 Å². The van der Waals surface area contributed by atoms with Gasteiger partial charge in [0.25, 0.3) is 0 Å². The van der Waals surface area contributed by atoms with Gasteiger partial charge >= 0.3 is 0 Å². The summed E-state index contributed by atoms with van der Waals surface area (Å²) in [5.74, 6) is 2.17. The molecule has 1 aromatic carbocycles. The molecule has 0 aliphatic carbocycles. The first-order chi connectivity index (χ1) is 8.90. The van der Waals surface area contributed by atoms with Crippen LogP contribution >= 0.6 is 0 Å². The number of rotatable bonds is 3. The molecular weight excluding hydrogens is 228 g/mol. The van der Waals surface area contributed by atoms with Crippen molar-refractivity contribution in [3.8, 4) is 0 Å². The maximum absolute atomic E-state index is 2.25. The monoisotopic (exact) mass is 264 g/mol. The van der Waals surface area contributed by atoms with Crippen molar-refractivity contribution in [3.63, 3.8) is 0 Å². The SMILES string of the molecule is CC.CC(C)c1ccccc1C(C)C.CCC(C)C. The zero-order chi connectivity index (χ0) is 15.4. The van der Waals surface area contributed by atoms with Gasteiger partial charge in [-0.25, -0.2) is 0 Å². The first kappa shape index (κ1) is 20.5. The number of hydrogen-bond donors (Lipinski definition) is 0. The summed E-state index contributed by atoms with van der Waals surface area (Å²) in [6.07, 6.45) is 1.31. The van der Waals surface area contributed by atoms with E-state index in [-0.39, 0.29) is 0 Å². The second-order valence-electron chi connectivity index (χ2n) is 5.74. The summed E-state index contributed by atoms with van der Waals surface area (Å²) in [7, 11) is 0. The van der Waals surface area contributed by atoms with Gasteiger partial charge in [0.1, 0.15) is 0 Å². The van der Waals surface area contributed by atoms with Gasteiger partial charge in [0.2, 0.25) is 0 Å². The molecule has 0 bridgehead atoms. The fourth-order valence-corrected chi connectivity index (χ4v) is 1.56. The minimum Gasteiger partial charge on any atom is -0.0683 e. The van der Waals surface area contributed by atoms with Crippen LogP contribution in [-0.4, -0.2) is 0 Å². The molecule has 0 heteroatoms. The van der Waals surface area contributed by atoms with Crippen LogP contribution in [0.5, 0.6) is 0 Å². The van der Waals surface area contributed by atoms with Crippen LogP contribution in [0.3, 0.4) is 0 Å². The third-order valence-electron chi connectivity index (χ3n) is 3.06. The fraction of sp³-hybridized carbons (Fsp3) is 0.684. The van der Waals surface area contributed by atoms with Gasteiger partial charge in [-0.15, -0.1) is 0 Å². The van der Waals surface area contributed by atoms with Crippen molar-refractivity contribution >= 4 is 0 Å². The molecule has 0 nitrogen and oxygen atoms in total. The Bertz CT molecular complexity index is 268. The molecule has 112 valence electrons. The lowest BCUT2D eigenvalue weighted by atomic mass is 9.91. The largest absolute Gasteiger partial charge is 0.0683 e. The Hall–Kier alpha value is -0.780. The summed E-state index contributed by atoms with van der Waals surface area (Å²) in [6, 6.07) is 8.72. The Morgan fingerprint density at radius 1 is 0.737 bits per heavy atom. The lowest BCUT2D eigenvalue weighted by Gasteiger charge is -2.14. The van der Waals surface area contributed by atoms with E-state index >= 15 is 0 Å². The Labute approximate surface area is 122 Å². The molecule has 0 heterocycles. The van der Waals surface area contributed by atoms with Gasteiger partial charge in [-0.1, -0.05) is 93.0 Å². The van der Waals surface area contributed by atoms with E-state index in [0.717, 1.165) is 5.92 Å². The molecule has 19 heavy (non-hydrogen) atoms. The predicted molar refractivity (Wildman–Crippen MR) is 91.1 cm³/mol. The molecule has 0 fully saturated rings. The predicted octanol–water partition coefficient (Wildman–Crippen LogP) is 7.01. The van der Waals surface area contributed by atoms with Crippen LogP contribution in [-0.2, 0) is 0 Å². The van der Waals surface area contributed by atoms with E-state index in [9.17, 15) is 0 Å². The molecule has 0 aliphatic heterocycles. The molecule has 0 spiro atoms. The van der Waals surface area contributed by atoms with E-state index in [2.05, 4.69) is 72.7 Å². The molecule has 0 saturated heterocycles. The molecule has 1 aromatic rings. The maximum atomic E-state index is 2.25. The third kappa shape index (κ3) is 9.76. The summed E-state index contributed by atoms with van der Waals surface area (Å²) < 4.78 is 0. The summed E-state index contributed by atoms with van der Waals surface area (Å²) in [4.78, 5) is 0. The molecule has 0 unspecified atom stereocenters. The van der Waals surface area contributed by atoms with Gasteiger partial charge < -0.3 is 0 Å². The molecular formula is C19H36. The summed E-state index contributed by atoms with van der Waals surface area (Å²) in [5.41, 5.74) is 2.99. The van der Waals surface area contributed by atoms with Crippen LogP contribution in [0.1, 0.15) is 91.7 Å². The number of benzene rings is 1. The van der Waals surface area contributed by atoms with Crippen LogP contribution in [0.25, 0.3) is 0 Å². The average molecular weight is 264 g/mol. The highest BCUT2D eigenvalue weighted by Crippen LogP contribution is 2.25. The highest BCUT2D eigenvalue weighted by atomic mass is 14.1.